The number of rotatable bonds is 9. The molecule has 0 unspecified atom stereocenters. The Bertz CT molecular complexity index is 960. The quantitative estimate of drug-likeness (QED) is 0.324. The third-order valence-electron chi connectivity index (χ3n) is 5.83. The topological polar surface area (TPSA) is 55.4 Å². The zero-order valence-corrected chi connectivity index (χ0v) is 21.9. The van der Waals surface area contributed by atoms with Gasteiger partial charge >= 0.3 is 0 Å². The second-order valence-corrected chi connectivity index (χ2v) is 13.6. The number of hydrogen-bond acceptors (Lipinski definition) is 6. The average Bonchev–Trinajstić information content (AvgIpc) is 2.75. The van der Waals surface area contributed by atoms with Crippen LogP contribution in [0.15, 0.2) is 24.3 Å². The average molecular weight is 461 g/mol. The molecule has 0 spiro atoms. The molecule has 0 fully saturated rings. The smallest absolute Gasteiger partial charge is 0.250 e. The highest BCUT2D eigenvalue weighted by molar-refractivity contribution is 6.74. The molecule has 0 aliphatic heterocycles. The predicted molar refractivity (Wildman–Crippen MR) is 132 cm³/mol. The van der Waals surface area contributed by atoms with Crippen LogP contribution in [-0.4, -0.2) is 43.9 Å². The molecule has 0 aliphatic rings. The lowest BCUT2D eigenvalue weighted by Gasteiger charge is -2.36. The van der Waals surface area contributed by atoms with Gasteiger partial charge < -0.3 is 28.1 Å². The van der Waals surface area contributed by atoms with Crippen LogP contribution in [0.25, 0.3) is 12.2 Å². The Hall–Kier alpha value is -2.80. The molecule has 2 aromatic rings. The van der Waals surface area contributed by atoms with Gasteiger partial charge in [-0.15, -0.1) is 0 Å². The number of ether oxygens (including phenoxy) is 5. The molecule has 0 N–H and O–H groups in total. The van der Waals surface area contributed by atoms with Crippen LogP contribution >= 0.6 is 0 Å². The van der Waals surface area contributed by atoms with Gasteiger partial charge in [-0.25, -0.2) is 0 Å². The van der Waals surface area contributed by atoms with Crippen LogP contribution in [0.1, 0.15) is 31.9 Å². The fourth-order valence-corrected chi connectivity index (χ4v) is 3.99. The van der Waals surface area contributed by atoms with Gasteiger partial charge in [0.15, 0.2) is 17.2 Å². The van der Waals surface area contributed by atoms with Gasteiger partial charge in [0.1, 0.15) is 5.75 Å². The van der Waals surface area contributed by atoms with E-state index in [1.165, 1.54) is 0 Å². The lowest BCUT2D eigenvalue weighted by molar-refractivity contribution is 0.305. The maximum atomic E-state index is 6.53. The highest BCUT2D eigenvalue weighted by atomic mass is 28.4. The van der Waals surface area contributed by atoms with Gasteiger partial charge in [-0.3, -0.25) is 0 Å². The van der Waals surface area contributed by atoms with E-state index in [1.807, 2.05) is 36.4 Å². The first-order chi connectivity index (χ1) is 15.0. The van der Waals surface area contributed by atoms with E-state index in [9.17, 15) is 0 Å². The Kier molecular flexibility index (Phi) is 8.12. The van der Waals surface area contributed by atoms with Gasteiger partial charge in [0.05, 0.1) is 35.5 Å². The molecule has 0 saturated carbocycles. The van der Waals surface area contributed by atoms with E-state index in [0.29, 0.717) is 23.0 Å². The fraction of sp³-hybridized carbons (Fsp3) is 0.440. The summed E-state index contributed by atoms with van der Waals surface area (Å²) in [5, 5.41) is 0.0768. The largest absolute Gasteiger partial charge is 0.541 e. The Morgan fingerprint density at radius 3 is 1.75 bits per heavy atom. The number of benzene rings is 2. The summed E-state index contributed by atoms with van der Waals surface area (Å²) in [4.78, 5) is 0. The summed E-state index contributed by atoms with van der Waals surface area (Å²) >= 11 is 0. The Balaban J connectivity index is 2.50. The van der Waals surface area contributed by atoms with Crippen molar-refractivity contribution in [3.8, 4) is 34.5 Å². The molecule has 0 radical (unpaired) electrons. The van der Waals surface area contributed by atoms with Gasteiger partial charge in [-0.05, 0) is 41.9 Å². The van der Waals surface area contributed by atoms with Crippen molar-refractivity contribution in [2.24, 2.45) is 0 Å². The molecule has 0 bridgehead atoms. The minimum atomic E-state index is -2.02. The minimum Gasteiger partial charge on any atom is -0.541 e. The molecule has 2 rings (SSSR count). The highest BCUT2D eigenvalue weighted by Gasteiger charge is 2.39. The van der Waals surface area contributed by atoms with Crippen molar-refractivity contribution in [3.05, 3.63) is 35.4 Å². The van der Waals surface area contributed by atoms with Crippen molar-refractivity contribution in [1.82, 2.24) is 0 Å². The lowest BCUT2D eigenvalue weighted by Crippen LogP contribution is -2.43. The van der Waals surface area contributed by atoms with Gasteiger partial charge in [0.2, 0.25) is 11.5 Å². The van der Waals surface area contributed by atoms with Crippen LogP contribution in [0.3, 0.4) is 0 Å². The van der Waals surface area contributed by atoms with Gasteiger partial charge in [-0.2, -0.15) is 0 Å². The van der Waals surface area contributed by atoms with Crippen molar-refractivity contribution in [1.29, 1.82) is 0 Å². The summed E-state index contributed by atoms with van der Waals surface area (Å²) < 4.78 is 34.2. The first-order valence-corrected chi connectivity index (χ1v) is 13.4. The molecule has 0 aromatic heterocycles. The Labute approximate surface area is 193 Å². The molecular formula is C25H36O6Si. The van der Waals surface area contributed by atoms with Crippen LogP contribution < -0.4 is 28.1 Å². The monoisotopic (exact) mass is 460 g/mol. The summed E-state index contributed by atoms with van der Waals surface area (Å²) in [6.07, 6.45) is 3.93. The van der Waals surface area contributed by atoms with Crippen LogP contribution in [0.4, 0.5) is 0 Å². The first-order valence-electron chi connectivity index (χ1n) is 10.4. The van der Waals surface area contributed by atoms with E-state index in [2.05, 4.69) is 33.9 Å². The molecule has 0 aliphatic carbocycles. The fourth-order valence-electron chi connectivity index (χ4n) is 2.97. The molecule has 0 amide bonds. The maximum Gasteiger partial charge on any atom is 0.250 e. The summed E-state index contributed by atoms with van der Waals surface area (Å²) in [6.45, 7) is 11.1. The second-order valence-electron chi connectivity index (χ2n) is 8.87. The predicted octanol–water partition coefficient (Wildman–Crippen LogP) is 6.28. The van der Waals surface area contributed by atoms with E-state index < -0.39 is 8.32 Å². The van der Waals surface area contributed by atoms with E-state index in [4.69, 9.17) is 28.1 Å². The van der Waals surface area contributed by atoms with E-state index in [1.54, 1.807) is 35.5 Å². The van der Waals surface area contributed by atoms with Crippen molar-refractivity contribution >= 4 is 20.5 Å². The van der Waals surface area contributed by atoms with Crippen molar-refractivity contribution < 1.29 is 28.1 Å². The zero-order chi connectivity index (χ0) is 24.1. The first kappa shape index (κ1) is 25.5. The standard InChI is InChI=1S/C25H36O6Si/c1-25(2,3)32(9,10)31-20-15-17(12-14-19(20)26-4)11-13-18-16-21(27-5)23(29-7)24(30-8)22(18)28-6/h11-16H,1-10H3/b13-11+. The molecule has 2 aromatic carbocycles. The highest BCUT2D eigenvalue weighted by Crippen LogP contribution is 2.47. The summed E-state index contributed by atoms with van der Waals surface area (Å²) in [7, 11) is 5.95. The van der Waals surface area contributed by atoms with E-state index in [0.717, 1.165) is 22.6 Å². The summed E-state index contributed by atoms with van der Waals surface area (Å²) in [5.41, 5.74) is 1.76. The maximum absolute atomic E-state index is 6.53. The Morgan fingerprint density at radius 1 is 0.656 bits per heavy atom. The molecule has 6 nitrogen and oxygen atoms in total. The van der Waals surface area contributed by atoms with Crippen molar-refractivity contribution in [2.45, 2.75) is 38.9 Å². The zero-order valence-electron chi connectivity index (χ0n) is 20.9. The van der Waals surface area contributed by atoms with Crippen molar-refractivity contribution in [2.75, 3.05) is 35.5 Å². The second kappa shape index (κ2) is 10.2. The van der Waals surface area contributed by atoms with E-state index in [-0.39, 0.29) is 5.04 Å². The third kappa shape index (κ3) is 5.33. The SMILES string of the molecule is COc1ccc(/C=C/c2cc(OC)c(OC)c(OC)c2OC)cc1O[Si](C)(C)C(C)(C)C. The molecule has 176 valence electrons. The number of hydrogen-bond donors (Lipinski definition) is 0. The normalized spacial score (nSPS) is 11.9. The Morgan fingerprint density at radius 2 is 1.25 bits per heavy atom. The van der Waals surface area contributed by atoms with Crippen molar-refractivity contribution in [3.63, 3.8) is 0 Å². The molecule has 0 heterocycles. The van der Waals surface area contributed by atoms with Crippen LogP contribution in [0.2, 0.25) is 18.1 Å². The van der Waals surface area contributed by atoms with Gasteiger partial charge in [0.25, 0.3) is 8.32 Å². The summed E-state index contributed by atoms with van der Waals surface area (Å²) in [5.74, 6) is 3.55. The van der Waals surface area contributed by atoms with E-state index >= 15 is 0 Å². The molecule has 0 saturated heterocycles. The molecule has 7 heteroatoms. The van der Waals surface area contributed by atoms with Gasteiger partial charge in [-0.1, -0.05) is 39.0 Å². The lowest BCUT2D eigenvalue weighted by atomic mass is 10.1. The number of methoxy groups -OCH3 is 5. The van der Waals surface area contributed by atoms with Crippen LogP contribution in [0, 0.1) is 0 Å². The third-order valence-corrected chi connectivity index (χ3v) is 10.2. The van der Waals surface area contributed by atoms with Crippen LogP contribution in [-0.2, 0) is 0 Å². The summed E-state index contributed by atoms with van der Waals surface area (Å²) in [6, 6.07) is 7.76. The minimum absolute atomic E-state index is 0.0768. The van der Waals surface area contributed by atoms with Gasteiger partial charge in [0, 0.05) is 5.56 Å². The molecule has 0 atom stereocenters. The molecular weight excluding hydrogens is 424 g/mol. The molecule has 32 heavy (non-hydrogen) atoms. The van der Waals surface area contributed by atoms with Crippen LogP contribution in [0.5, 0.6) is 34.5 Å².